The number of rotatable bonds is 4. The number of nitrogens with zero attached hydrogens (tertiary/aromatic N) is 1. The summed E-state index contributed by atoms with van der Waals surface area (Å²) in [6, 6.07) is 3.86. The molecule has 2 aromatic rings. The van der Waals surface area contributed by atoms with Crippen LogP contribution in [0, 0.1) is 13.8 Å². The Bertz CT molecular complexity index is 400. The van der Waals surface area contributed by atoms with Gasteiger partial charge < -0.3 is 9.73 Å². The number of aryl methyl sites for hydroxylation is 2. The molecule has 0 fully saturated rings. The Morgan fingerprint density at radius 2 is 2.27 bits per heavy atom. The van der Waals surface area contributed by atoms with Crippen molar-refractivity contribution >= 4 is 11.3 Å². The van der Waals surface area contributed by atoms with Gasteiger partial charge in [0.05, 0.1) is 18.5 Å². The van der Waals surface area contributed by atoms with Gasteiger partial charge in [-0.05, 0) is 26.0 Å². The van der Waals surface area contributed by atoms with Crippen molar-refractivity contribution in [3.8, 4) is 0 Å². The highest BCUT2D eigenvalue weighted by molar-refractivity contribution is 7.11. The van der Waals surface area contributed by atoms with Crippen molar-refractivity contribution in [3.63, 3.8) is 0 Å². The van der Waals surface area contributed by atoms with Crippen molar-refractivity contribution in [2.45, 2.75) is 26.9 Å². The van der Waals surface area contributed by atoms with E-state index in [1.807, 2.05) is 19.1 Å². The molecule has 0 atom stereocenters. The summed E-state index contributed by atoms with van der Waals surface area (Å²) in [4.78, 5) is 5.75. The first-order valence-electron chi connectivity index (χ1n) is 4.91. The van der Waals surface area contributed by atoms with E-state index in [0.717, 1.165) is 29.6 Å². The summed E-state index contributed by atoms with van der Waals surface area (Å²) in [7, 11) is 0. The van der Waals surface area contributed by atoms with Crippen LogP contribution in [0.5, 0.6) is 0 Å². The Kier molecular flexibility index (Phi) is 3.18. The first-order valence-corrected chi connectivity index (χ1v) is 5.73. The number of thiazole rings is 1. The van der Waals surface area contributed by atoms with Gasteiger partial charge in [-0.25, -0.2) is 4.98 Å². The van der Waals surface area contributed by atoms with Crippen LogP contribution in [0.25, 0.3) is 0 Å². The predicted octanol–water partition coefficient (Wildman–Crippen LogP) is 2.64. The fourth-order valence-corrected chi connectivity index (χ4v) is 2.22. The van der Waals surface area contributed by atoms with Crippen LogP contribution < -0.4 is 5.32 Å². The van der Waals surface area contributed by atoms with Gasteiger partial charge in [0, 0.05) is 11.4 Å². The molecule has 1 N–H and O–H groups in total. The minimum absolute atomic E-state index is 0.755. The molecule has 0 aliphatic rings. The number of furan rings is 1. The monoisotopic (exact) mass is 222 g/mol. The molecule has 2 rings (SSSR count). The van der Waals surface area contributed by atoms with Crippen molar-refractivity contribution in [3.05, 3.63) is 39.7 Å². The van der Waals surface area contributed by atoms with Gasteiger partial charge in [-0.3, -0.25) is 0 Å². The second kappa shape index (κ2) is 4.59. The van der Waals surface area contributed by atoms with Crippen LogP contribution in [0.1, 0.15) is 21.3 Å². The third-order valence-corrected chi connectivity index (χ3v) is 3.30. The van der Waals surface area contributed by atoms with Crippen LogP contribution >= 0.6 is 11.3 Å². The van der Waals surface area contributed by atoms with Crippen LogP contribution in [0.15, 0.2) is 22.8 Å². The van der Waals surface area contributed by atoms with E-state index in [1.165, 1.54) is 4.88 Å². The lowest BCUT2D eigenvalue weighted by Gasteiger charge is -1.98. The van der Waals surface area contributed by atoms with Gasteiger partial charge in [0.1, 0.15) is 10.8 Å². The molecule has 0 aromatic carbocycles. The highest BCUT2D eigenvalue weighted by atomic mass is 32.1. The number of hydrogen-bond donors (Lipinski definition) is 1. The first-order chi connectivity index (χ1) is 7.25. The molecule has 15 heavy (non-hydrogen) atoms. The summed E-state index contributed by atoms with van der Waals surface area (Å²) < 4.78 is 5.22. The largest absolute Gasteiger partial charge is 0.468 e. The SMILES string of the molecule is Cc1nc(CNCc2ccco2)sc1C. The minimum atomic E-state index is 0.755. The maximum atomic E-state index is 5.22. The Balaban J connectivity index is 1.83. The van der Waals surface area contributed by atoms with Gasteiger partial charge in [0.25, 0.3) is 0 Å². The van der Waals surface area contributed by atoms with Crippen molar-refractivity contribution in [1.29, 1.82) is 0 Å². The van der Waals surface area contributed by atoms with E-state index in [2.05, 4.69) is 17.2 Å². The standard InChI is InChI=1S/C11H14N2OS/c1-8-9(2)15-11(13-8)7-12-6-10-4-3-5-14-10/h3-5,12H,6-7H2,1-2H3. The molecule has 0 spiro atoms. The van der Waals surface area contributed by atoms with E-state index >= 15 is 0 Å². The van der Waals surface area contributed by atoms with Crippen LogP contribution in [-0.2, 0) is 13.1 Å². The van der Waals surface area contributed by atoms with E-state index in [-0.39, 0.29) is 0 Å². The third kappa shape index (κ3) is 2.67. The topological polar surface area (TPSA) is 38.1 Å². The molecule has 0 aliphatic carbocycles. The smallest absolute Gasteiger partial charge is 0.117 e. The van der Waals surface area contributed by atoms with Crippen LogP contribution in [0.2, 0.25) is 0 Å². The molecule has 0 bridgehead atoms. The van der Waals surface area contributed by atoms with E-state index < -0.39 is 0 Å². The normalized spacial score (nSPS) is 10.8. The highest BCUT2D eigenvalue weighted by Gasteiger charge is 2.03. The average molecular weight is 222 g/mol. The van der Waals surface area contributed by atoms with Gasteiger partial charge in [0.15, 0.2) is 0 Å². The third-order valence-electron chi connectivity index (χ3n) is 2.23. The summed E-state index contributed by atoms with van der Waals surface area (Å²) in [6.45, 7) is 5.70. The zero-order valence-electron chi connectivity index (χ0n) is 8.91. The highest BCUT2D eigenvalue weighted by Crippen LogP contribution is 2.16. The Morgan fingerprint density at radius 3 is 2.87 bits per heavy atom. The molecule has 80 valence electrons. The fourth-order valence-electron chi connectivity index (χ4n) is 1.32. The second-order valence-electron chi connectivity index (χ2n) is 3.43. The molecule has 0 aliphatic heterocycles. The quantitative estimate of drug-likeness (QED) is 0.864. The van der Waals surface area contributed by atoms with Gasteiger partial charge in [0.2, 0.25) is 0 Å². The Labute approximate surface area is 93.2 Å². The van der Waals surface area contributed by atoms with E-state index in [1.54, 1.807) is 17.6 Å². The first kappa shape index (κ1) is 10.4. The predicted molar refractivity (Wildman–Crippen MR) is 60.8 cm³/mol. The molecular weight excluding hydrogens is 208 g/mol. The van der Waals surface area contributed by atoms with Gasteiger partial charge in [-0.1, -0.05) is 0 Å². The molecule has 0 unspecified atom stereocenters. The summed E-state index contributed by atoms with van der Waals surface area (Å²) in [5, 5.41) is 4.43. The van der Waals surface area contributed by atoms with Crippen molar-refractivity contribution in [1.82, 2.24) is 10.3 Å². The summed E-state index contributed by atoms with van der Waals surface area (Å²) >= 11 is 1.75. The molecule has 0 radical (unpaired) electrons. The fraction of sp³-hybridized carbons (Fsp3) is 0.364. The van der Waals surface area contributed by atoms with Crippen LogP contribution in [-0.4, -0.2) is 4.98 Å². The number of hydrogen-bond acceptors (Lipinski definition) is 4. The zero-order chi connectivity index (χ0) is 10.7. The molecule has 3 nitrogen and oxygen atoms in total. The summed E-state index contributed by atoms with van der Waals surface area (Å²) in [6.07, 6.45) is 1.69. The van der Waals surface area contributed by atoms with Crippen molar-refractivity contribution in [2.24, 2.45) is 0 Å². The molecule has 0 saturated carbocycles. The lowest BCUT2D eigenvalue weighted by molar-refractivity contribution is 0.482. The number of aromatic nitrogens is 1. The minimum Gasteiger partial charge on any atom is -0.468 e. The molecule has 2 aromatic heterocycles. The molecule has 0 amide bonds. The second-order valence-corrected chi connectivity index (χ2v) is 4.72. The van der Waals surface area contributed by atoms with Crippen molar-refractivity contribution in [2.75, 3.05) is 0 Å². The van der Waals surface area contributed by atoms with E-state index in [9.17, 15) is 0 Å². The van der Waals surface area contributed by atoms with Crippen molar-refractivity contribution < 1.29 is 4.42 Å². The summed E-state index contributed by atoms with van der Waals surface area (Å²) in [5.41, 5.74) is 1.13. The van der Waals surface area contributed by atoms with Crippen LogP contribution in [0.3, 0.4) is 0 Å². The maximum Gasteiger partial charge on any atom is 0.117 e. The van der Waals surface area contributed by atoms with E-state index in [4.69, 9.17) is 4.42 Å². The maximum absolute atomic E-state index is 5.22. The van der Waals surface area contributed by atoms with Gasteiger partial charge in [-0.2, -0.15) is 0 Å². The lowest BCUT2D eigenvalue weighted by atomic mass is 10.4. The van der Waals surface area contributed by atoms with Gasteiger partial charge >= 0.3 is 0 Å². The Hall–Kier alpha value is -1.13. The molecule has 2 heterocycles. The Morgan fingerprint density at radius 1 is 1.40 bits per heavy atom. The molecular formula is C11H14N2OS. The average Bonchev–Trinajstić information content (AvgIpc) is 2.79. The molecule has 0 saturated heterocycles. The lowest BCUT2D eigenvalue weighted by Crippen LogP contribution is -2.11. The van der Waals surface area contributed by atoms with E-state index in [0.29, 0.717) is 0 Å². The zero-order valence-corrected chi connectivity index (χ0v) is 9.73. The van der Waals surface area contributed by atoms with Gasteiger partial charge in [-0.15, -0.1) is 11.3 Å². The van der Waals surface area contributed by atoms with Crippen LogP contribution in [0.4, 0.5) is 0 Å². The molecule has 4 heteroatoms. The number of nitrogens with one attached hydrogen (secondary N) is 1. The summed E-state index contributed by atoms with van der Waals surface area (Å²) in [5.74, 6) is 0.958.